The molecule has 1 aliphatic rings. The van der Waals surface area contributed by atoms with E-state index in [-0.39, 0.29) is 11.0 Å². The van der Waals surface area contributed by atoms with Crippen molar-refractivity contribution >= 4 is 83.5 Å². The maximum absolute atomic E-state index is 11.1. The van der Waals surface area contributed by atoms with Gasteiger partial charge < -0.3 is 9.30 Å². The van der Waals surface area contributed by atoms with Gasteiger partial charge in [0.15, 0.2) is 8.07 Å². The molecule has 0 bridgehead atoms. The standard InChI is InChI=1S/C88H63N5OSi/c1-88(2,3)61-50-51-89-85(55-61)93-81-46-22-19-42-75(81)76-49-48-64(57-83(76)93)94-63-28-24-27-62(56-63)90-58-91-86-77(43-25-47-82(86)92-79-44-20-17-40-73(79)74-41-18-21-45-80(74)92)71-38-15-13-36-69(71)70-37-14-16-39-72(70)78-53-60(54-84(90)87(78)91)59-26-23-35-68(52-59)95(65-29-7-4-8-30-65,66-31-9-5-10-32-66)67-33-11-6-12-34-67/h4-57H,1-3H3/i4D,5D,6D,7D,8D,9D,10D,11D,23D,26D,29D,30D,31D,32D,33D,34D,35D,52D. The highest BCUT2D eigenvalue weighted by Gasteiger charge is 2.41. The number of hydrogen-bond acceptors (Lipinski definition) is 2. The first kappa shape index (κ1) is 40.2. The summed E-state index contributed by atoms with van der Waals surface area (Å²) in [6.07, 6.45) is 5.71. The average Bonchev–Trinajstić information content (AvgIpc) is 1.46. The molecule has 7 heteroatoms. The Labute approximate surface area is 578 Å². The number of para-hydroxylation sites is 4. The molecule has 0 saturated heterocycles. The van der Waals surface area contributed by atoms with Gasteiger partial charge in [-0.05, 0) is 149 Å². The highest BCUT2D eigenvalue weighted by Crippen LogP contribution is 2.47. The Kier molecular flexibility index (Phi) is 9.37. The number of hydrogen-bond donors (Lipinski definition) is 0. The second kappa shape index (κ2) is 22.2. The summed E-state index contributed by atoms with van der Waals surface area (Å²) in [6, 6.07) is 51.2. The van der Waals surface area contributed by atoms with Gasteiger partial charge in [-0.25, -0.2) is 4.98 Å². The van der Waals surface area contributed by atoms with Crippen molar-refractivity contribution in [2.24, 2.45) is 0 Å². The van der Waals surface area contributed by atoms with Gasteiger partial charge in [-0.3, -0.25) is 13.7 Å². The predicted molar refractivity (Wildman–Crippen MR) is 394 cm³/mol. The van der Waals surface area contributed by atoms with Gasteiger partial charge in [-0.2, -0.15) is 0 Å². The Balaban J connectivity index is 0.978. The molecule has 0 unspecified atom stereocenters. The van der Waals surface area contributed by atoms with Gasteiger partial charge in [0.1, 0.15) is 17.3 Å². The van der Waals surface area contributed by atoms with Crippen LogP contribution in [-0.2, 0) is 5.41 Å². The van der Waals surface area contributed by atoms with Gasteiger partial charge in [0, 0.05) is 33.8 Å². The van der Waals surface area contributed by atoms with Crippen molar-refractivity contribution in [1.82, 2.24) is 18.7 Å². The van der Waals surface area contributed by atoms with E-state index in [1.165, 1.54) is 0 Å². The van der Waals surface area contributed by atoms with Gasteiger partial charge in [0.05, 0.1) is 74.8 Å². The van der Waals surface area contributed by atoms with Crippen molar-refractivity contribution in [2.45, 2.75) is 26.2 Å². The summed E-state index contributed by atoms with van der Waals surface area (Å²) in [5.41, 5.74) is 11.2. The topological polar surface area (TPSA) is 40.8 Å². The average molecular weight is 1250 g/mol. The number of nitrogens with zero attached hydrogens (tertiary/aromatic N) is 5. The van der Waals surface area contributed by atoms with E-state index in [0.29, 0.717) is 45.0 Å². The van der Waals surface area contributed by atoms with Crippen LogP contribution in [0.5, 0.6) is 11.5 Å². The number of rotatable bonds is 10. The summed E-state index contributed by atoms with van der Waals surface area (Å²) in [5, 5.41) is 0.670. The molecule has 450 valence electrons. The van der Waals surface area contributed by atoms with Crippen LogP contribution in [0.25, 0.3) is 122 Å². The minimum Gasteiger partial charge on any atom is -0.458 e. The van der Waals surface area contributed by atoms with Crippen molar-refractivity contribution in [3.63, 3.8) is 0 Å². The first-order valence-electron chi connectivity index (χ1n) is 40.2. The maximum Gasteiger partial charge on any atom is 0.269 e. The predicted octanol–water partition coefficient (Wildman–Crippen LogP) is 18.7. The third kappa shape index (κ3) is 8.99. The van der Waals surface area contributed by atoms with E-state index in [0.717, 1.165) is 89.0 Å². The van der Waals surface area contributed by atoms with E-state index in [4.69, 9.17) is 13.8 Å². The number of imidazole rings is 1. The minimum absolute atomic E-state index is 0.0129. The largest absolute Gasteiger partial charge is 0.458 e. The lowest BCUT2D eigenvalue weighted by Gasteiger charge is -2.34. The zero-order valence-electron chi connectivity index (χ0n) is 69.4. The molecule has 0 spiro atoms. The fraction of sp³-hybridized carbons (Fsp3) is 0.0455. The van der Waals surface area contributed by atoms with E-state index in [2.05, 4.69) is 96.9 Å². The second-order valence-electron chi connectivity index (χ2n) is 24.6. The highest BCUT2D eigenvalue weighted by molar-refractivity contribution is 7.20. The molecule has 18 rings (SSSR count). The van der Waals surface area contributed by atoms with E-state index in [1.54, 1.807) is 12.1 Å². The zero-order chi connectivity index (χ0) is 79.0. The van der Waals surface area contributed by atoms with Gasteiger partial charge in [0.2, 0.25) is 0 Å². The van der Waals surface area contributed by atoms with E-state index in [1.807, 2.05) is 149 Å². The van der Waals surface area contributed by atoms with Gasteiger partial charge in [-0.15, -0.1) is 0 Å². The van der Waals surface area contributed by atoms with Gasteiger partial charge >= 0.3 is 0 Å². The normalized spacial score (nSPS) is 14.8. The molecule has 0 radical (unpaired) electrons. The van der Waals surface area contributed by atoms with Crippen LogP contribution in [0.4, 0.5) is 0 Å². The summed E-state index contributed by atoms with van der Waals surface area (Å²) >= 11 is 0. The molecule has 6 nitrogen and oxygen atoms in total. The fourth-order valence-corrected chi connectivity index (χ4v) is 17.7. The number of ether oxygens (including phenoxy) is 1. The van der Waals surface area contributed by atoms with Crippen LogP contribution in [0.15, 0.2) is 327 Å². The lowest BCUT2D eigenvalue weighted by atomic mass is 9.88. The summed E-state index contributed by atoms with van der Waals surface area (Å²) in [4.78, 5) is 4.92. The summed E-state index contributed by atoms with van der Waals surface area (Å²) < 4.78 is 190. The Bertz CT molecular complexity index is 6860. The Morgan fingerprint density at radius 3 is 1.65 bits per heavy atom. The SMILES string of the molecule is [2H]c1cc([2H])c([Si](c2c([2H])c([2H])c([2H])c([2H])c2[2H])(c2c([2H])c([2H])c([2H])c([2H])c2[2H])c2c([2H])c([2H])c([2H])c(-c3cc4c5c(c3)n(-c3cccc(Oc6ccc7c8ccccc8n(-c8cc(C(C)(C)C)ccn8)c7c6)c3)[c-][n+]5-c3c(cccc3-n3c5ccccc5c5ccccc53)-c3ccccc3-c3ccccc3-4)c2[2H])c([2H])c1[2H]. The smallest absolute Gasteiger partial charge is 0.269 e. The number of aromatic nitrogens is 5. The third-order valence-electron chi connectivity index (χ3n) is 18.3. The molecule has 0 fully saturated rings. The Hall–Kier alpha value is -11.9. The Morgan fingerprint density at radius 2 is 0.979 bits per heavy atom. The van der Waals surface area contributed by atoms with E-state index < -0.39 is 143 Å². The lowest BCUT2D eigenvalue weighted by Crippen LogP contribution is -2.74. The van der Waals surface area contributed by atoms with Crippen LogP contribution in [-0.4, -0.2) is 26.8 Å². The van der Waals surface area contributed by atoms with Crippen LogP contribution in [0, 0.1) is 6.33 Å². The highest BCUT2D eigenvalue weighted by atomic mass is 28.3. The minimum atomic E-state index is -6.14. The van der Waals surface area contributed by atoms with Crippen molar-refractivity contribution in [3.05, 3.63) is 339 Å². The first-order valence-corrected chi connectivity index (χ1v) is 33.2. The second-order valence-corrected chi connectivity index (χ2v) is 28.1. The van der Waals surface area contributed by atoms with Crippen LogP contribution in [0.3, 0.4) is 0 Å². The van der Waals surface area contributed by atoms with Crippen LogP contribution in [0.1, 0.15) is 51.0 Å². The Morgan fingerprint density at radius 1 is 0.421 bits per heavy atom. The quantitative estimate of drug-likeness (QED) is 0.0593. The summed E-state index contributed by atoms with van der Waals surface area (Å²) in [7, 11) is -6.14. The number of pyridine rings is 1. The molecule has 5 heterocycles. The van der Waals surface area contributed by atoms with Crippen LogP contribution < -0.4 is 30.1 Å². The molecule has 95 heavy (non-hydrogen) atoms. The van der Waals surface area contributed by atoms with Crippen molar-refractivity contribution < 1.29 is 34.0 Å². The van der Waals surface area contributed by atoms with Crippen molar-refractivity contribution in [1.29, 1.82) is 0 Å². The molecular formula is C88H63N5OSi. The molecule has 0 N–H and O–H groups in total. The van der Waals surface area contributed by atoms with Crippen molar-refractivity contribution in [2.75, 3.05) is 0 Å². The zero-order valence-corrected chi connectivity index (χ0v) is 52.4. The molecule has 4 aromatic heterocycles. The maximum atomic E-state index is 11.1. The number of fused-ring (bicyclic) bond motifs is 13. The summed E-state index contributed by atoms with van der Waals surface area (Å²) in [5.74, 6) is 1.63. The molecule has 0 amide bonds. The van der Waals surface area contributed by atoms with Gasteiger partial charge in [-0.1, -0.05) is 263 Å². The molecule has 1 aliphatic heterocycles. The molecule has 0 saturated carbocycles. The summed E-state index contributed by atoms with van der Waals surface area (Å²) in [6.45, 7) is 6.49. The molecule has 0 aliphatic carbocycles. The lowest BCUT2D eigenvalue weighted by molar-refractivity contribution is -0.571. The van der Waals surface area contributed by atoms with Crippen molar-refractivity contribution in [3.8, 4) is 78.9 Å². The van der Waals surface area contributed by atoms with Crippen LogP contribution >= 0.6 is 0 Å². The van der Waals surface area contributed by atoms with E-state index >= 15 is 0 Å². The third-order valence-corrected chi connectivity index (χ3v) is 22.3. The molecule has 13 aromatic carbocycles. The van der Waals surface area contributed by atoms with E-state index in [9.17, 15) is 20.6 Å². The monoisotopic (exact) mass is 1250 g/mol. The van der Waals surface area contributed by atoms with Crippen LogP contribution in [0.2, 0.25) is 0 Å². The molecule has 17 aromatic rings. The molecule has 0 atom stereocenters. The first-order chi connectivity index (χ1) is 54.2. The fourth-order valence-electron chi connectivity index (χ4n) is 14.1. The number of benzene rings is 13. The molecular weight excluding hydrogens is 1170 g/mol. The van der Waals surface area contributed by atoms with Gasteiger partial charge in [0.25, 0.3) is 6.33 Å².